The fourth-order valence-electron chi connectivity index (χ4n) is 2.90. The van der Waals surface area contributed by atoms with E-state index in [4.69, 9.17) is 4.74 Å². The molecule has 0 unspecified atom stereocenters. The quantitative estimate of drug-likeness (QED) is 0.571. The van der Waals surface area contributed by atoms with Gasteiger partial charge in [-0.05, 0) is 24.6 Å². The number of hydrogen-bond acceptors (Lipinski definition) is 5. The highest BCUT2D eigenvalue weighted by Gasteiger charge is 2.11. The third kappa shape index (κ3) is 3.39. The van der Waals surface area contributed by atoms with E-state index in [0.29, 0.717) is 18.1 Å². The van der Waals surface area contributed by atoms with E-state index in [0.717, 1.165) is 28.3 Å². The van der Waals surface area contributed by atoms with Crippen molar-refractivity contribution in [3.63, 3.8) is 0 Å². The van der Waals surface area contributed by atoms with Crippen LogP contribution in [0.5, 0.6) is 5.75 Å². The molecule has 0 amide bonds. The average molecular weight is 361 g/mol. The Labute approximate surface area is 155 Å². The Bertz CT molecular complexity index is 1160. The molecule has 0 saturated carbocycles. The Balaban J connectivity index is 1.63. The normalized spacial score (nSPS) is 10.9. The molecule has 0 atom stereocenters. The first-order valence-electron chi connectivity index (χ1n) is 8.57. The molecule has 136 valence electrons. The maximum Gasteiger partial charge on any atom is 0.275 e. The van der Waals surface area contributed by atoms with Gasteiger partial charge < -0.3 is 15.0 Å². The predicted molar refractivity (Wildman–Crippen MR) is 104 cm³/mol. The second-order valence-corrected chi connectivity index (χ2v) is 6.20. The lowest BCUT2D eigenvalue weighted by molar-refractivity contribution is 0.415. The molecule has 4 aromatic rings. The molecular weight excluding hydrogens is 342 g/mol. The van der Waals surface area contributed by atoms with Crippen molar-refractivity contribution in [1.29, 1.82) is 0 Å². The molecule has 2 aromatic heterocycles. The number of hydrogen-bond donors (Lipinski definition) is 2. The van der Waals surface area contributed by atoms with Gasteiger partial charge >= 0.3 is 0 Å². The van der Waals surface area contributed by atoms with Crippen LogP contribution < -0.4 is 15.6 Å². The molecule has 2 N–H and O–H groups in total. The van der Waals surface area contributed by atoms with Crippen molar-refractivity contribution in [1.82, 2.24) is 19.6 Å². The maximum atomic E-state index is 12.4. The number of aryl methyl sites for hydroxylation is 1. The van der Waals surface area contributed by atoms with Gasteiger partial charge in [0.25, 0.3) is 5.56 Å². The summed E-state index contributed by atoms with van der Waals surface area (Å²) in [4.78, 5) is 20.1. The summed E-state index contributed by atoms with van der Waals surface area (Å²) in [5.41, 5.74) is 3.36. The topological polar surface area (TPSA) is 84.3 Å². The summed E-state index contributed by atoms with van der Waals surface area (Å²) in [5.74, 6) is 1.71. The molecule has 0 aliphatic carbocycles. The molecule has 0 saturated heterocycles. The minimum atomic E-state index is -0.224. The molecule has 0 aliphatic heterocycles. The number of fused-ring (bicyclic) bond motifs is 1. The average Bonchev–Trinajstić information content (AvgIpc) is 3.11. The summed E-state index contributed by atoms with van der Waals surface area (Å²) in [5, 5.41) is 7.62. The molecule has 0 bridgehead atoms. The van der Waals surface area contributed by atoms with Crippen molar-refractivity contribution in [2.75, 3.05) is 12.4 Å². The monoisotopic (exact) mass is 361 g/mol. The van der Waals surface area contributed by atoms with Crippen molar-refractivity contribution in [3.05, 3.63) is 76.2 Å². The lowest BCUT2D eigenvalue weighted by Gasteiger charge is -2.08. The number of H-pyrrole nitrogens is 1. The van der Waals surface area contributed by atoms with Crippen LogP contribution in [0, 0.1) is 6.92 Å². The lowest BCUT2D eigenvalue weighted by Crippen LogP contribution is -2.17. The van der Waals surface area contributed by atoms with Gasteiger partial charge in [0.05, 0.1) is 13.7 Å². The van der Waals surface area contributed by atoms with Crippen molar-refractivity contribution < 1.29 is 4.74 Å². The Hall–Kier alpha value is -3.61. The smallest absolute Gasteiger partial charge is 0.275 e. The van der Waals surface area contributed by atoms with Crippen LogP contribution in [0.15, 0.2) is 59.4 Å². The Kier molecular flexibility index (Phi) is 4.33. The van der Waals surface area contributed by atoms with Crippen molar-refractivity contribution in [2.45, 2.75) is 13.5 Å². The number of rotatable bonds is 5. The van der Waals surface area contributed by atoms with Crippen LogP contribution in [0.4, 0.5) is 5.69 Å². The number of aromatic nitrogens is 4. The molecule has 27 heavy (non-hydrogen) atoms. The number of anilines is 1. The van der Waals surface area contributed by atoms with Gasteiger partial charge in [-0.3, -0.25) is 4.79 Å². The first-order valence-corrected chi connectivity index (χ1v) is 8.57. The Morgan fingerprint density at radius 3 is 2.81 bits per heavy atom. The number of ether oxygens (including phenoxy) is 1. The van der Waals surface area contributed by atoms with Crippen LogP contribution in [-0.2, 0) is 6.54 Å². The van der Waals surface area contributed by atoms with Crippen LogP contribution in [0.1, 0.15) is 11.3 Å². The second kappa shape index (κ2) is 6.95. The van der Waals surface area contributed by atoms with Crippen molar-refractivity contribution >= 4 is 11.5 Å². The van der Waals surface area contributed by atoms with Crippen LogP contribution >= 0.6 is 0 Å². The second-order valence-electron chi connectivity index (χ2n) is 6.20. The Morgan fingerprint density at radius 2 is 2.00 bits per heavy atom. The highest BCUT2D eigenvalue weighted by molar-refractivity contribution is 5.61. The van der Waals surface area contributed by atoms with Gasteiger partial charge in [-0.2, -0.15) is 9.50 Å². The summed E-state index contributed by atoms with van der Waals surface area (Å²) in [6.45, 7) is 2.44. The van der Waals surface area contributed by atoms with Crippen LogP contribution in [-0.4, -0.2) is 26.7 Å². The zero-order chi connectivity index (χ0) is 18.8. The molecule has 7 nitrogen and oxygen atoms in total. The molecule has 2 aromatic carbocycles. The lowest BCUT2D eigenvalue weighted by atomic mass is 10.1. The number of nitrogens with one attached hydrogen (secondary N) is 2. The fraction of sp³-hybridized carbons (Fsp3) is 0.150. The standard InChI is InChI=1S/C20H19N5O2/c1-13-6-3-4-9-17(13)19-23-20-22-15(11-18(26)25(20)24-19)12-21-14-7-5-8-16(10-14)27-2/h3-11,21H,12H2,1-2H3,(H,22,23,24). The minimum Gasteiger partial charge on any atom is -0.497 e. The molecule has 2 heterocycles. The molecule has 0 fully saturated rings. The van der Waals surface area contributed by atoms with Gasteiger partial charge in [-0.25, -0.2) is 0 Å². The Morgan fingerprint density at radius 1 is 1.15 bits per heavy atom. The highest BCUT2D eigenvalue weighted by atomic mass is 16.5. The fourth-order valence-corrected chi connectivity index (χ4v) is 2.90. The van der Waals surface area contributed by atoms with Gasteiger partial charge in [-0.15, -0.1) is 5.10 Å². The minimum absolute atomic E-state index is 0.224. The first kappa shape index (κ1) is 16.8. The van der Waals surface area contributed by atoms with Gasteiger partial charge in [0.2, 0.25) is 5.78 Å². The largest absolute Gasteiger partial charge is 0.497 e. The number of aromatic amines is 1. The highest BCUT2D eigenvalue weighted by Crippen LogP contribution is 2.20. The molecular formula is C20H19N5O2. The first-order chi connectivity index (χ1) is 13.1. The van der Waals surface area contributed by atoms with E-state index in [-0.39, 0.29) is 5.56 Å². The summed E-state index contributed by atoms with van der Waals surface area (Å²) in [6, 6.07) is 17.0. The zero-order valence-corrected chi connectivity index (χ0v) is 15.1. The van der Waals surface area contributed by atoms with Crippen LogP contribution in [0.25, 0.3) is 17.2 Å². The number of benzene rings is 2. The molecule has 0 spiro atoms. The molecule has 0 radical (unpaired) electrons. The van der Waals surface area contributed by atoms with Gasteiger partial charge in [-0.1, -0.05) is 30.3 Å². The van der Waals surface area contributed by atoms with Gasteiger partial charge in [0.15, 0.2) is 5.82 Å². The maximum absolute atomic E-state index is 12.4. The van der Waals surface area contributed by atoms with Crippen LogP contribution in [0.3, 0.4) is 0 Å². The van der Waals surface area contributed by atoms with Crippen LogP contribution in [0.2, 0.25) is 0 Å². The summed E-state index contributed by atoms with van der Waals surface area (Å²) >= 11 is 0. The van der Waals surface area contributed by atoms with Crippen molar-refractivity contribution in [3.8, 4) is 17.1 Å². The SMILES string of the molecule is COc1cccc(NCc2cc(=O)n3nc(-c4ccccc4C)nc3[nH]2)c1. The third-order valence-electron chi connectivity index (χ3n) is 4.32. The van der Waals surface area contributed by atoms with E-state index in [2.05, 4.69) is 20.4 Å². The summed E-state index contributed by atoms with van der Waals surface area (Å²) in [6.07, 6.45) is 0. The van der Waals surface area contributed by atoms with E-state index in [9.17, 15) is 4.79 Å². The van der Waals surface area contributed by atoms with E-state index in [1.165, 1.54) is 10.6 Å². The predicted octanol–water partition coefficient (Wildman–Crippen LogP) is 3.01. The van der Waals surface area contributed by atoms with Gasteiger partial charge in [0, 0.05) is 29.1 Å². The van der Waals surface area contributed by atoms with Crippen molar-refractivity contribution in [2.24, 2.45) is 0 Å². The summed E-state index contributed by atoms with van der Waals surface area (Å²) < 4.78 is 6.51. The summed E-state index contributed by atoms with van der Waals surface area (Å²) in [7, 11) is 1.63. The molecule has 7 heteroatoms. The van der Waals surface area contributed by atoms with E-state index in [1.54, 1.807) is 7.11 Å². The number of nitrogens with zero attached hydrogens (tertiary/aromatic N) is 3. The molecule has 4 rings (SSSR count). The molecule has 0 aliphatic rings. The third-order valence-corrected chi connectivity index (χ3v) is 4.32. The van der Waals surface area contributed by atoms with E-state index in [1.807, 2.05) is 55.5 Å². The number of methoxy groups -OCH3 is 1. The zero-order valence-electron chi connectivity index (χ0n) is 15.1. The van der Waals surface area contributed by atoms with E-state index < -0.39 is 0 Å². The van der Waals surface area contributed by atoms with E-state index >= 15 is 0 Å². The van der Waals surface area contributed by atoms with Gasteiger partial charge in [0.1, 0.15) is 5.75 Å².